The van der Waals surface area contributed by atoms with Crippen molar-refractivity contribution in [2.45, 2.75) is 32.4 Å². The molecule has 0 bridgehead atoms. The van der Waals surface area contributed by atoms with Gasteiger partial charge in [-0.25, -0.2) is 4.39 Å². The van der Waals surface area contributed by atoms with E-state index in [1.54, 1.807) is 24.3 Å². The third kappa shape index (κ3) is 4.51. The van der Waals surface area contributed by atoms with Crippen LogP contribution in [0.3, 0.4) is 0 Å². The van der Waals surface area contributed by atoms with Gasteiger partial charge in [-0.15, -0.1) is 0 Å². The lowest BCUT2D eigenvalue weighted by molar-refractivity contribution is 0.281. The molecule has 4 heteroatoms. The van der Waals surface area contributed by atoms with Crippen LogP contribution in [0.15, 0.2) is 48.5 Å². The van der Waals surface area contributed by atoms with Gasteiger partial charge in [0.25, 0.3) is 0 Å². The first-order valence-corrected chi connectivity index (χ1v) is 7.73. The number of aliphatic hydroxyl groups excluding tert-OH is 1. The van der Waals surface area contributed by atoms with Gasteiger partial charge in [0.15, 0.2) is 0 Å². The Bertz CT molecular complexity index is 781. The zero-order valence-corrected chi connectivity index (χ0v) is 13.9. The van der Waals surface area contributed by atoms with E-state index in [1.807, 2.05) is 26.0 Å². The molecular formula is C20H21FN2O. The van der Waals surface area contributed by atoms with Gasteiger partial charge >= 0.3 is 0 Å². The summed E-state index contributed by atoms with van der Waals surface area (Å²) in [4.78, 5) is 0. The second kappa shape index (κ2) is 7.39. The normalized spacial score (nSPS) is 12.1. The fourth-order valence-corrected chi connectivity index (χ4v) is 2.43. The summed E-state index contributed by atoms with van der Waals surface area (Å²) in [6.45, 7) is 3.67. The van der Waals surface area contributed by atoms with Crippen molar-refractivity contribution in [3.8, 4) is 6.07 Å². The number of aliphatic hydroxyl groups is 1. The maximum Gasteiger partial charge on any atom is 0.123 e. The van der Waals surface area contributed by atoms with Crippen molar-refractivity contribution in [2.24, 2.45) is 5.73 Å². The summed E-state index contributed by atoms with van der Waals surface area (Å²) in [5.41, 5.74) is 9.34. The highest BCUT2D eigenvalue weighted by molar-refractivity contribution is 5.81. The zero-order valence-electron chi connectivity index (χ0n) is 13.9. The molecule has 0 amide bonds. The highest BCUT2D eigenvalue weighted by Crippen LogP contribution is 2.29. The predicted octanol–water partition coefficient (Wildman–Crippen LogP) is 3.75. The van der Waals surface area contributed by atoms with Crippen molar-refractivity contribution in [1.29, 1.82) is 5.26 Å². The number of nitrogens with zero attached hydrogens (tertiary/aromatic N) is 1. The maximum absolute atomic E-state index is 13.3. The van der Waals surface area contributed by atoms with Crippen LogP contribution in [0.1, 0.15) is 42.5 Å². The zero-order chi connectivity index (χ0) is 17.7. The maximum atomic E-state index is 13.3. The van der Waals surface area contributed by atoms with Crippen LogP contribution in [-0.4, -0.2) is 10.6 Å². The minimum absolute atomic E-state index is 0.185. The van der Waals surface area contributed by atoms with Crippen molar-refractivity contribution < 1.29 is 9.50 Å². The molecule has 0 aliphatic heterocycles. The van der Waals surface area contributed by atoms with Crippen LogP contribution in [0.4, 0.5) is 4.39 Å². The molecule has 24 heavy (non-hydrogen) atoms. The minimum atomic E-state index is -0.392. The molecule has 2 rings (SSSR count). The summed E-state index contributed by atoms with van der Waals surface area (Å²) in [5, 5.41) is 18.7. The first-order chi connectivity index (χ1) is 11.3. The fourth-order valence-electron chi connectivity index (χ4n) is 2.43. The molecule has 0 heterocycles. The van der Waals surface area contributed by atoms with Gasteiger partial charge in [-0.05, 0) is 66.8 Å². The molecule has 3 nitrogen and oxygen atoms in total. The third-order valence-corrected chi connectivity index (χ3v) is 3.68. The number of nitrogens with two attached hydrogens (primary N) is 1. The molecule has 2 aromatic rings. The van der Waals surface area contributed by atoms with Gasteiger partial charge in [-0.3, -0.25) is 0 Å². The summed E-state index contributed by atoms with van der Waals surface area (Å²) in [6, 6.07) is 13.5. The Labute approximate surface area is 141 Å². The molecule has 0 saturated heterocycles. The van der Waals surface area contributed by atoms with Crippen molar-refractivity contribution in [3.05, 3.63) is 76.6 Å². The van der Waals surface area contributed by atoms with E-state index >= 15 is 0 Å². The topological polar surface area (TPSA) is 70.0 Å². The molecular weight excluding hydrogens is 303 g/mol. The molecule has 0 unspecified atom stereocenters. The van der Waals surface area contributed by atoms with E-state index in [4.69, 9.17) is 11.0 Å². The van der Waals surface area contributed by atoms with E-state index in [-0.39, 0.29) is 12.4 Å². The van der Waals surface area contributed by atoms with Crippen LogP contribution in [0, 0.1) is 17.1 Å². The lowest BCUT2D eigenvalue weighted by atomic mass is 9.90. The number of halogens is 1. The molecule has 0 fully saturated rings. The van der Waals surface area contributed by atoms with Crippen LogP contribution in [0.2, 0.25) is 0 Å². The molecule has 124 valence electrons. The van der Waals surface area contributed by atoms with Gasteiger partial charge < -0.3 is 10.8 Å². The Kier molecular flexibility index (Phi) is 5.50. The average Bonchev–Trinajstić information content (AvgIpc) is 2.55. The van der Waals surface area contributed by atoms with Gasteiger partial charge in [0.1, 0.15) is 5.82 Å². The second-order valence-corrected chi connectivity index (χ2v) is 6.46. The Hall–Kier alpha value is -2.48. The predicted molar refractivity (Wildman–Crippen MR) is 93.4 cm³/mol. The number of hydrogen-bond acceptors (Lipinski definition) is 3. The van der Waals surface area contributed by atoms with E-state index in [9.17, 15) is 9.50 Å². The van der Waals surface area contributed by atoms with Gasteiger partial charge in [0, 0.05) is 5.54 Å². The molecule has 2 aromatic carbocycles. The van der Waals surface area contributed by atoms with Crippen LogP contribution < -0.4 is 5.73 Å². The molecule has 0 aromatic heterocycles. The Morgan fingerprint density at radius 1 is 1.25 bits per heavy atom. The molecule has 0 spiro atoms. The largest absolute Gasteiger partial charge is 0.392 e. The average molecular weight is 324 g/mol. The summed E-state index contributed by atoms with van der Waals surface area (Å²) >= 11 is 0. The first kappa shape index (κ1) is 17.9. The summed E-state index contributed by atoms with van der Waals surface area (Å²) in [6.07, 6.45) is 2.61. The first-order valence-electron chi connectivity index (χ1n) is 7.73. The van der Waals surface area contributed by atoms with Gasteiger partial charge in [0.2, 0.25) is 0 Å². The monoisotopic (exact) mass is 324 g/mol. The number of benzene rings is 2. The Morgan fingerprint density at radius 3 is 2.46 bits per heavy atom. The van der Waals surface area contributed by atoms with Crippen molar-refractivity contribution in [2.75, 3.05) is 0 Å². The minimum Gasteiger partial charge on any atom is -0.392 e. The van der Waals surface area contributed by atoms with E-state index in [2.05, 4.69) is 6.07 Å². The highest BCUT2D eigenvalue weighted by Gasteiger charge is 2.14. The van der Waals surface area contributed by atoms with E-state index in [1.165, 1.54) is 12.1 Å². The van der Waals surface area contributed by atoms with Crippen molar-refractivity contribution in [3.63, 3.8) is 0 Å². The standard InChI is InChI=1S/C20H21FN2O/c1-20(2,23)10-9-19(15-4-6-17(21)7-5-15)18-8-3-14(12-22)11-16(18)13-24/h3-9,11,24H,10,13,23H2,1-2H3/b19-9+. The van der Waals surface area contributed by atoms with Gasteiger partial charge in [0.05, 0.1) is 18.2 Å². The SMILES string of the molecule is CC(C)(N)C/C=C(\c1ccc(F)cc1)c1ccc(C#N)cc1CO. The summed E-state index contributed by atoms with van der Waals surface area (Å²) < 4.78 is 13.3. The van der Waals surface area contributed by atoms with Crippen LogP contribution >= 0.6 is 0 Å². The number of rotatable bonds is 5. The fraction of sp³-hybridized carbons (Fsp3) is 0.250. The molecule has 0 aliphatic rings. The smallest absolute Gasteiger partial charge is 0.123 e. The van der Waals surface area contributed by atoms with Crippen LogP contribution in [0.25, 0.3) is 5.57 Å². The summed E-state index contributed by atoms with van der Waals surface area (Å²) in [5.74, 6) is -0.306. The van der Waals surface area contributed by atoms with E-state index in [0.29, 0.717) is 17.5 Å². The Morgan fingerprint density at radius 2 is 1.92 bits per heavy atom. The van der Waals surface area contributed by atoms with Crippen molar-refractivity contribution in [1.82, 2.24) is 0 Å². The third-order valence-electron chi connectivity index (χ3n) is 3.68. The van der Waals surface area contributed by atoms with E-state index in [0.717, 1.165) is 16.7 Å². The van der Waals surface area contributed by atoms with Crippen molar-refractivity contribution >= 4 is 5.57 Å². The van der Waals surface area contributed by atoms with Gasteiger partial charge in [-0.1, -0.05) is 24.3 Å². The molecule has 3 N–H and O–H groups in total. The number of nitriles is 1. The quantitative estimate of drug-likeness (QED) is 0.880. The lowest BCUT2D eigenvalue weighted by Crippen LogP contribution is -2.30. The second-order valence-electron chi connectivity index (χ2n) is 6.46. The molecule has 0 radical (unpaired) electrons. The van der Waals surface area contributed by atoms with Crippen LogP contribution in [-0.2, 0) is 6.61 Å². The molecule has 0 atom stereocenters. The highest BCUT2D eigenvalue weighted by atomic mass is 19.1. The van der Waals surface area contributed by atoms with E-state index < -0.39 is 5.54 Å². The van der Waals surface area contributed by atoms with Gasteiger partial charge in [-0.2, -0.15) is 5.26 Å². The number of hydrogen-bond donors (Lipinski definition) is 2. The Balaban J connectivity index is 2.58. The lowest BCUT2D eigenvalue weighted by Gasteiger charge is -2.18. The van der Waals surface area contributed by atoms with Crippen LogP contribution in [0.5, 0.6) is 0 Å². The molecule has 0 aliphatic carbocycles. The summed E-state index contributed by atoms with van der Waals surface area (Å²) in [7, 11) is 0. The molecule has 0 saturated carbocycles.